The van der Waals surface area contributed by atoms with Gasteiger partial charge in [0, 0.05) is 11.1 Å². The van der Waals surface area contributed by atoms with E-state index in [-0.39, 0.29) is 6.04 Å². The average molecular weight is 226 g/mol. The van der Waals surface area contributed by atoms with Crippen molar-refractivity contribution in [2.45, 2.75) is 25.3 Å². The lowest BCUT2D eigenvalue weighted by atomic mass is 10.1. The molecule has 1 fully saturated rings. The van der Waals surface area contributed by atoms with Crippen LogP contribution in [0.15, 0.2) is 24.3 Å². The quantitative estimate of drug-likeness (QED) is 0.837. The average Bonchev–Trinajstić information content (AvgIpc) is 2.99. The molecule has 82 valence electrons. The van der Waals surface area contributed by atoms with Crippen LogP contribution in [0.2, 0.25) is 5.02 Å². The zero-order valence-corrected chi connectivity index (χ0v) is 9.41. The molecule has 1 aliphatic carbocycles. The van der Waals surface area contributed by atoms with Crippen molar-refractivity contribution in [3.63, 3.8) is 0 Å². The Kier molecular flexibility index (Phi) is 3.49. The van der Waals surface area contributed by atoms with E-state index in [1.54, 1.807) is 0 Å². The molecule has 1 aromatic rings. The van der Waals surface area contributed by atoms with Crippen LogP contribution in [0, 0.1) is 5.92 Å². The fourth-order valence-electron chi connectivity index (χ4n) is 1.61. The Morgan fingerprint density at radius 3 is 2.93 bits per heavy atom. The molecular weight excluding hydrogens is 210 g/mol. The predicted molar refractivity (Wildman–Crippen MR) is 62.3 cm³/mol. The van der Waals surface area contributed by atoms with Crippen molar-refractivity contribution in [2.75, 3.05) is 6.61 Å². The first kappa shape index (κ1) is 10.8. The summed E-state index contributed by atoms with van der Waals surface area (Å²) >= 11 is 5.84. The maximum atomic E-state index is 5.94. The Hall–Kier alpha value is -0.730. The van der Waals surface area contributed by atoms with Crippen molar-refractivity contribution in [3.05, 3.63) is 29.3 Å². The lowest BCUT2D eigenvalue weighted by Crippen LogP contribution is -2.28. The molecule has 0 saturated heterocycles. The summed E-state index contributed by atoms with van der Waals surface area (Å²) in [6.07, 6.45) is 3.76. The molecule has 0 spiro atoms. The third-order valence-electron chi connectivity index (χ3n) is 2.59. The van der Waals surface area contributed by atoms with Gasteiger partial charge in [-0.15, -0.1) is 0 Å². The summed E-state index contributed by atoms with van der Waals surface area (Å²) in [5.74, 6) is 1.65. The van der Waals surface area contributed by atoms with Crippen LogP contribution in [0.25, 0.3) is 0 Å². The number of nitrogens with two attached hydrogens (primary N) is 1. The summed E-state index contributed by atoms with van der Waals surface area (Å²) in [6.45, 7) is 0.580. The number of benzene rings is 1. The van der Waals surface area contributed by atoms with E-state index >= 15 is 0 Å². The van der Waals surface area contributed by atoms with E-state index in [1.165, 1.54) is 12.8 Å². The number of ether oxygens (including phenoxy) is 1. The Balaban J connectivity index is 1.76. The summed E-state index contributed by atoms with van der Waals surface area (Å²) in [4.78, 5) is 0. The van der Waals surface area contributed by atoms with Crippen molar-refractivity contribution >= 4 is 11.6 Å². The van der Waals surface area contributed by atoms with Gasteiger partial charge in [0.2, 0.25) is 0 Å². The second kappa shape index (κ2) is 4.86. The van der Waals surface area contributed by atoms with Crippen molar-refractivity contribution in [1.82, 2.24) is 0 Å². The third-order valence-corrected chi connectivity index (χ3v) is 2.83. The number of rotatable bonds is 5. The van der Waals surface area contributed by atoms with Crippen molar-refractivity contribution in [3.8, 4) is 5.75 Å². The zero-order chi connectivity index (χ0) is 10.7. The molecule has 1 aliphatic rings. The van der Waals surface area contributed by atoms with Gasteiger partial charge in [0.05, 0.1) is 0 Å². The highest BCUT2D eigenvalue weighted by Gasteiger charge is 2.23. The number of hydrogen-bond donors (Lipinski definition) is 1. The van der Waals surface area contributed by atoms with Crippen molar-refractivity contribution < 1.29 is 4.74 Å². The molecule has 2 N–H and O–H groups in total. The van der Waals surface area contributed by atoms with E-state index < -0.39 is 0 Å². The molecule has 0 amide bonds. The Labute approximate surface area is 95.4 Å². The Morgan fingerprint density at radius 2 is 2.27 bits per heavy atom. The van der Waals surface area contributed by atoms with Crippen molar-refractivity contribution in [2.24, 2.45) is 11.7 Å². The van der Waals surface area contributed by atoms with Gasteiger partial charge in [0.1, 0.15) is 12.4 Å². The second-order valence-corrected chi connectivity index (χ2v) is 4.64. The Morgan fingerprint density at radius 1 is 1.47 bits per heavy atom. The maximum absolute atomic E-state index is 5.94. The topological polar surface area (TPSA) is 35.2 Å². The van der Waals surface area contributed by atoms with E-state index in [2.05, 4.69) is 0 Å². The first-order valence-electron chi connectivity index (χ1n) is 5.38. The summed E-state index contributed by atoms with van der Waals surface area (Å²) in [6, 6.07) is 7.57. The number of halogens is 1. The predicted octanol–water partition coefficient (Wildman–Crippen LogP) is 2.85. The van der Waals surface area contributed by atoms with Gasteiger partial charge in [0.15, 0.2) is 0 Å². The monoisotopic (exact) mass is 225 g/mol. The van der Waals surface area contributed by atoms with Crippen LogP contribution in [0.5, 0.6) is 5.75 Å². The number of hydrogen-bond acceptors (Lipinski definition) is 2. The van der Waals surface area contributed by atoms with Crippen LogP contribution in [0.4, 0.5) is 0 Å². The molecule has 1 unspecified atom stereocenters. The van der Waals surface area contributed by atoms with Gasteiger partial charge >= 0.3 is 0 Å². The highest BCUT2D eigenvalue weighted by molar-refractivity contribution is 6.30. The van der Waals surface area contributed by atoms with Gasteiger partial charge in [-0.1, -0.05) is 30.5 Å². The summed E-state index contributed by atoms with van der Waals surface area (Å²) < 4.78 is 5.57. The van der Waals surface area contributed by atoms with E-state index in [0.29, 0.717) is 11.6 Å². The molecule has 15 heavy (non-hydrogen) atoms. The van der Waals surface area contributed by atoms with E-state index in [9.17, 15) is 0 Å². The highest BCUT2D eigenvalue weighted by Crippen LogP contribution is 2.33. The second-order valence-electron chi connectivity index (χ2n) is 4.21. The molecule has 0 bridgehead atoms. The minimum Gasteiger partial charge on any atom is -0.492 e. The summed E-state index contributed by atoms with van der Waals surface area (Å²) in [5.41, 5.74) is 5.94. The summed E-state index contributed by atoms with van der Waals surface area (Å²) in [5, 5.41) is 0.697. The van der Waals surface area contributed by atoms with Crippen LogP contribution >= 0.6 is 11.6 Å². The first-order valence-corrected chi connectivity index (χ1v) is 5.76. The van der Waals surface area contributed by atoms with Gasteiger partial charge < -0.3 is 10.5 Å². The minimum atomic E-state index is 0.150. The molecule has 2 nitrogen and oxygen atoms in total. The van der Waals surface area contributed by atoms with Crippen LogP contribution in [0.1, 0.15) is 19.3 Å². The fourth-order valence-corrected chi connectivity index (χ4v) is 1.79. The highest BCUT2D eigenvalue weighted by atomic mass is 35.5. The summed E-state index contributed by atoms with van der Waals surface area (Å²) in [7, 11) is 0. The molecule has 0 heterocycles. The van der Waals surface area contributed by atoms with Gasteiger partial charge in [-0.25, -0.2) is 0 Å². The standard InChI is InChI=1S/C12H16ClNO/c13-10-2-1-3-12(7-10)15-8-11(14)6-9-4-5-9/h1-3,7,9,11H,4-6,8,14H2. The normalized spacial score (nSPS) is 17.5. The smallest absolute Gasteiger partial charge is 0.120 e. The molecule has 3 heteroatoms. The van der Waals surface area contributed by atoms with Crippen LogP contribution in [-0.4, -0.2) is 12.6 Å². The van der Waals surface area contributed by atoms with Gasteiger partial charge in [-0.2, -0.15) is 0 Å². The van der Waals surface area contributed by atoms with E-state index in [1.807, 2.05) is 24.3 Å². The van der Waals surface area contributed by atoms with Gasteiger partial charge in [-0.05, 0) is 30.5 Å². The van der Waals surface area contributed by atoms with E-state index in [0.717, 1.165) is 18.1 Å². The molecule has 0 radical (unpaired) electrons. The lowest BCUT2D eigenvalue weighted by Gasteiger charge is -2.12. The van der Waals surface area contributed by atoms with Crippen molar-refractivity contribution in [1.29, 1.82) is 0 Å². The molecule has 1 saturated carbocycles. The maximum Gasteiger partial charge on any atom is 0.120 e. The molecule has 1 aromatic carbocycles. The van der Waals surface area contributed by atoms with Crippen LogP contribution in [0.3, 0.4) is 0 Å². The van der Waals surface area contributed by atoms with Gasteiger partial charge in [0.25, 0.3) is 0 Å². The first-order chi connectivity index (χ1) is 7.24. The lowest BCUT2D eigenvalue weighted by molar-refractivity contribution is 0.278. The SMILES string of the molecule is NC(COc1cccc(Cl)c1)CC1CC1. The zero-order valence-electron chi connectivity index (χ0n) is 8.66. The van der Waals surface area contributed by atoms with Gasteiger partial charge in [-0.3, -0.25) is 0 Å². The van der Waals surface area contributed by atoms with Crippen LogP contribution < -0.4 is 10.5 Å². The molecule has 2 rings (SSSR count). The molecule has 0 aliphatic heterocycles. The molecular formula is C12H16ClNO. The molecule has 0 aromatic heterocycles. The van der Waals surface area contributed by atoms with Crippen LogP contribution in [-0.2, 0) is 0 Å². The largest absolute Gasteiger partial charge is 0.492 e. The molecule has 1 atom stereocenters. The minimum absolute atomic E-state index is 0.150. The fraction of sp³-hybridized carbons (Fsp3) is 0.500. The van der Waals surface area contributed by atoms with E-state index in [4.69, 9.17) is 22.1 Å². The Bertz CT molecular complexity index is 325. The third kappa shape index (κ3) is 3.73.